The Balaban J connectivity index is 1.68. The van der Waals surface area contributed by atoms with Crippen LogP contribution in [0.2, 0.25) is 0 Å². The highest BCUT2D eigenvalue weighted by Crippen LogP contribution is 2.20. The molecule has 0 saturated carbocycles. The van der Waals surface area contributed by atoms with Crippen LogP contribution in [0.4, 0.5) is 0 Å². The van der Waals surface area contributed by atoms with Gasteiger partial charge in [0, 0.05) is 12.1 Å². The van der Waals surface area contributed by atoms with Crippen molar-refractivity contribution < 1.29 is 9.53 Å². The second-order valence-electron chi connectivity index (χ2n) is 7.45. The Kier molecular flexibility index (Phi) is 7.25. The Morgan fingerprint density at radius 2 is 1.92 bits per heavy atom. The van der Waals surface area contributed by atoms with Gasteiger partial charge in [0.05, 0.1) is 13.0 Å². The van der Waals surface area contributed by atoms with E-state index >= 15 is 0 Å². The molecule has 24 heavy (non-hydrogen) atoms. The summed E-state index contributed by atoms with van der Waals surface area (Å²) in [4.78, 5) is 14.2. The van der Waals surface area contributed by atoms with Crippen LogP contribution in [0.15, 0.2) is 30.3 Å². The molecular formula is C20H32N2O2. The van der Waals surface area contributed by atoms with Crippen LogP contribution >= 0.6 is 0 Å². The normalized spacial score (nSPS) is 17.0. The lowest BCUT2D eigenvalue weighted by Crippen LogP contribution is -2.45. The van der Waals surface area contributed by atoms with E-state index in [4.69, 9.17) is 4.74 Å². The van der Waals surface area contributed by atoms with Crippen molar-refractivity contribution in [3.05, 3.63) is 35.9 Å². The Labute approximate surface area is 146 Å². The summed E-state index contributed by atoms with van der Waals surface area (Å²) >= 11 is 0. The number of likely N-dealkylation sites (tertiary alicyclic amines) is 1. The van der Waals surface area contributed by atoms with Crippen molar-refractivity contribution in [3.63, 3.8) is 0 Å². The number of nitrogens with zero attached hydrogens (tertiary/aromatic N) is 1. The third kappa shape index (κ3) is 6.62. The molecule has 1 aromatic carbocycles. The van der Waals surface area contributed by atoms with E-state index in [0.29, 0.717) is 18.9 Å². The van der Waals surface area contributed by atoms with Crippen LogP contribution in [0.1, 0.15) is 45.6 Å². The number of hydrogen-bond acceptors (Lipinski definition) is 4. The predicted octanol–water partition coefficient (Wildman–Crippen LogP) is 3.22. The van der Waals surface area contributed by atoms with E-state index in [1.165, 1.54) is 18.4 Å². The lowest BCUT2D eigenvalue weighted by Gasteiger charge is -2.34. The molecule has 0 bridgehead atoms. The van der Waals surface area contributed by atoms with Gasteiger partial charge in [-0.05, 0) is 64.7 Å². The maximum atomic E-state index is 11.7. The number of piperidine rings is 1. The van der Waals surface area contributed by atoms with E-state index < -0.39 is 0 Å². The summed E-state index contributed by atoms with van der Waals surface area (Å²) in [5.41, 5.74) is 1.19. The first-order chi connectivity index (χ1) is 11.5. The van der Waals surface area contributed by atoms with Crippen molar-refractivity contribution in [3.8, 4) is 0 Å². The van der Waals surface area contributed by atoms with E-state index in [9.17, 15) is 4.79 Å². The van der Waals surface area contributed by atoms with Crippen LogP contribution in [0.3, 0.4) is 0 Å². The highest BCUT2D eigenvalue weighted by molar-refractivity contribution is 5.70. The number of hydrogen-bond donors (Lipinski definition) is 1. The van der Waals surface area contributed by atoms with Crippen LogP contribution in [0, 0.1) is 5.92 Å². The fourth-order valence-electron chi connectivity index (χ4n) is 3.25. The van der Waals surface area contributed by atoms with Crippen molar-refractivity contribution in [2.24, 2.45) is 5.92 Å². The van der Waals surface area contributed by atoms with Crippen LogP contribution in [0.25, 0.3) is 0 Å². The Bertz CT molecular complexity index is 494. The van der Waals surface area contributed by atoms with Gasteiger partial charge < -0.3 is 10.1 Å². The molecule has 1 heterocycles. The number of esters is 1. The number of carbonyl (C=O) groups is 1. The first-order valence-corrected chi connectivity index (χ1v) is 9.15. The molecule has 4 heteroatoms. The van der Waals surface area contributed by atoms with E-state index in [1.54, 1.807) is 0 Å². The zero-order valence-electron chi connectivity index (χ0n) is 15.4. The zero-order valence-corrected chi connectivity index (χ0v) is 15.4. The summed E-state index contributed by atoms with van der Waals surface area (Å²) in [6, 6.07) is 10.7. The molecule has 2 rings (SSSR count). The Morgan fingerprint density at radius 3 is 2.54 bits per heavy atom. The summed E-state index contributed by atoms with van der Waals surface area (Å²) in [5.74, 6) is 0.575. The molecule has 0 radical (unpaired) electrons. The van der Waals surface area contributed by atoms with Crippen LogP contribution in [-0.4, -0.2) is 42.6 Å². The van der Waals surface area contributed by atoms with E-state index in [2.05, 4.69) is 54.4 Å². The monoisotopic (exact) mass is 332 g/mol. The standard InChI is InChI=1S/C20H32N2O2/c1-4-24-19(23)14-20(2,3)21-15-17-10-12-22(13-11-17)16-18-8-6-5-7-9-18/h5-9,17,21H,4,10-16H2,1-3H3. The summed E-state index contributed by atoms with van der Waals surface area (Å²) < 4.78 is 5.05. The largest absolute Gasteiger partial charge is 0.466 e. The van der Waals surface area contributed by atoms with Crippen molar-refractivity contribution in [1.29, 1.82) is 0 Å². The second kappa shape index (κ2) is 9.19. The average molecular weight is 332 g/mol. The van der Waals surface area contributed by atoms with Crippen molar-refractivity contribution >= 4 is 5.97 Å². The Hall–Kier alpha value is -1.39. The third-order valence-electron chi connectivity index (χ3n) is 4.72. The van der Waals surface area contributed by atoms with Gasteiger partial charge in [0.2, 0.25) is 0 Å². The van der Waals surface area contributed by atoms with Gasteiger partial charge in [0.1, 0.15) is 0 Å². The first kappa shape index (κ1) is 18.9. The molecule has 1 aliphatic rings. The van der Waals surface area contributed by atoms with E-state index in [-0.39, 0.29) is 11.5 Å². The van der Waals surface area contributed by atoms with Crippen LogP contribution in [0.5, 0.6) is 0 Å². The molecule has 1 aromatic rings. The average Bonchev–Trinajstić information content (AvgIpc) is 2.55. The molecule has 1 saturated heterocycles. The maximum Gasteiger partial charge on any atom is 0.307 e. The highest BCUT2D eigenvalue weighted by atomic mass is 16.5. The van der Waals surface area contributed by atoms with Gasteiger partial charge >= 0.3 is 5.97 Å². The quantitative estimate of drug-likeness (QED) is 0.742. The van der Waals surface area contributed by atoms with Gasteiger partial charge in [-0.3, -0.25) is 9.69 Å². The van der Waals surface area contributed by atoms with Crippen molar-refractivity contribution in [2.45, 2.75) is 52.1 Å². The molecule has 0 unspecified atom stereocenters. The number of nitrogens with one attached hydrogen (secondary N) is 1. The molecule has 1 fully saturated rings. The molecule has 0 aliphatic carbocycles. The van der Waals surface area contributed by atoms with Crippen molar-refractivity contribution in [1.82, 2.24) is 10.2 Å². The van der Waals surface area contributed by atoms with E-state index in [1.807, 2.05) is 6.92 Å². The molecule has 0 amide bonds. The van der Waals surface area contributed by atoms with Crippen LogP contribution in [-0.2, 0) is 16.1 Å². The molecule has 0 atom stereocenters. The van der Waals surface area contributed by atoms with Gasteiger partial charge in [0.25, 0.3) is 0 Å². The summed E-state index contributed by atoms with van der Waals surface area (Å²) in [6.45, 7) is 10.8. The van der Waals surface area contributed by atoms with Gasteiger partial charge in [-0.25, -0.2) is 0 Å². The molecule has 1 aliphatic heterocycles. The minimum atomic E-state index is -0.201. The molecule has 4 nitrogen and oxygen atoms in total. The number of rotatable bonds is 8. The van der Waals surface area contributed by atoms with E-state index in [0.717, 1.165) is 26.2 Å². The second-order valence-corrected chi connectivity index (χ2v) is 7.45. The summed E-state index contributed by atoms with van der Waals surface area (Å²) in [5, 5.41) is 3.56. The SMILES string of the molecule is CCOC(=O)CC(C)(C)NCC1CCN(Cc2ccccc2)CC1. The number of ether oxygens (including phenoxy) is 1. The highest BCUT2D eigenvalue weighted by Gasteiger charge is 2.25. The van der Waals surface area contributed by atoms with Gasteiger partial charge in [-0.1, -0.05) is 30.3 Å². The number of benzene rings is 1. The zero-order chi connectivity index (χ0) is 17.4. The fourth-order valence-corrected chi connectivity index (χ4v) is 3.25. The summed E-state index contributed by atoms with van der Waals surface area (Å²) in [6.07, 6.45) is 2.86. The summed E-state index contributed by atoms with van der Waals surface area (Å²) in [7, 11) is 0. The molecule has 1 N–H and O–H groups in total. The third-order valence-corrected chi connectivity index (χ3v) is 4.72. The van der Waals surface area contributed by atoms with Gasteiger partial charge in [-0.15, -0.1) is 0 Å². The Morgan fingerprint density at radius 1 is 1.25 bits per heavy atom. The minimum absolute atomic E-state index is 0.118. The van der Waals surface area contributed by atoms with Gasteiger partial charge in [0.15, 0.2) is 0 Å². The van der Waals surface area contributed by atoms with Gasteiger partial charge in [-0.2, -0.15) is 0 Å². The van der Waals surface area contributed by atoms with Crippen LogP contribution < -0.4 is 5.32 Å². The topological polar surface area (TPSA) is 41.6 Å². The maximum absolute atomic E-state index is 11.7. The number of carbonyl (C=O) groups excluding carboxylic acids is 1. The van der Waals surface area contributed by atoms with Crippen molar-refractivity contribution in [2.75, 3.05) is 26.2 Å². The molecular weight excluding hydrogens is 300 g/mol. The first-order valence-electron chi connectivity index (χ1n) is 9.15. The minimum Gasteiger partial charge on any atom is -0.466 e. The molecule has 134 valence electrons. The molecule has 0 aromatic heterocycles. The smallest absolute Gasteiger partial charge is 0.307 e. The lowest BCUT2D eigenvalue weighted by atomic mass is 9.93. The predicted molar refractivity (Wildman–Crippen MR) is 97.8 cm³/mol. The lowest BCUT2D eigenvalue weighted by molar-refractivity contribution is -0.144. The molecule has 0 spiro atoms. The fraction of sp³-hybridized carbons (Fsp3) is 0.650.